The van der Waals surface area contributed by atoms with Gasteiger partial charge in [-0.15, -0.1) is 0 Å². The fraction of sp³-hybridized carbons (Fsp3) is 0.529. The Morgan fingerprint density at radius 3 is 2.50 bits per heavy atom. The van der Waals surface area contributed by atoms with Crippen LogP contribution in [-0.2, 0) is 9.53 Å². The number of morpholine rings is 1. The van der Waals surface area contributed by atoms with Crippen LogP contribution in [0.15, 0.2) is 30.3 Å². The van der Waals surface area contributed by atoms with Gasteiger partial charge in [0.1, 0.15) is 0 Å². The lowest BCUT2D eigenvalue weighted by Crippen LogP contribution is -2.41. The van der Waals surface area contributed by atoms with Crippen molar-refractivity contribution in [1.29, 1.82) is 0 Å². The van der Waals surface area contributed by atoms with Crippen LogP contribution in [0.2, 0.25) is 0 Å². The van der Waals surface area contributed by atoms with Crippen molar-refractivity contribution < 1.29 is 14.3 Å². The summed E-state index contributed by atoms with van der Waals surface area (Å²) < 4.78 is 5.27. The Morgan fingerprint density at radius 1 is 1.05 bits per heavy atom. The van der Waals surface area contributed by atoms with Crippen molar-refractivity contribution >= 4 is 11.8 Å². The maximum Gasteiger partial charge on any atom is 0.253 e. The Kier molecular flexibility index (Phi) is 4.73. The van der Waals surface area contributed by atoms with E-state index in [1.54, 1.807) is 0 Å². The summed E-state index contributed by atoms with van der Waals surface area (Å²) in [6, 6.07) is 9.35. The van der Waals surface area contributed by atoms with Crippen molar-refractivity contribution in [3.63, 3.8) is 0 Å². The molecule has 0 N–H and O–H groups in total. The van der Waals surface area contributed by atoms with Gasteiger partial charge in [0.25, 0.3) is 5.91 Å². The highest BCUT2D eigenvalue weighted by Gasteiger charge is 2.29. The second kappa shape index (κ2) is 6.92. The summed E-state index contributed by atoms with van der Waals surface area (Å²) in [5.41, 5.74) is 0.725. The molecule has 118 valence electrons. The van der Waals surface area contributed by atoms with Gasteiger partial charge in [-0.3, -0.25) is 9.59 Å². The normalized spacial score (nSPS) is 21.9. The van der Waals surface area contributed by atoms with Crippen LogP contribution >= 0.6 is 0 Å². The van der Waals surface area contributed by atoms with Gasteiger partial charge in [0.2, 0.25) is 5.91 Å². The van der Waals surface area contributed by atoms with Crippen molar-refractivity contribution in [2.45, 2.75) is 12.8 Å². The predicted octanol–water partition coefficient (Wildman–Crippen LogP) is 1.40. The smallest absolute Gasteiger partial charge is 0.253 e. The molecule has 0 saturated carbocycles. The minimum Gasteiger partial charge on any atom is -0.378 e. The van der Waals surface area contributed by atoms with Gasteiger partial charge in [0.15, 0.2) is 0 Å². The molecule has 2 fully saturated rings. The molecule has 2 amide bonds. The monoisotopic (exact) mass is 302 g/mol. The molecule has 1 unspecified atom stereocenters. The van der Waals surface area contributed by atoms with Crippen LogP contribution in [0.1, 0.15) is 23.2 Å². The van der Waals surface area contributed by atoms with Gasteiger partial charge < -0.3 is 14.5 Å². The molecule has 0 aliphatic carbocycles. The van der Waals surface area contributed by atoms with E-state index < -0.39 is 0 Å². The van der Waals surface area contributed by atoms with Gasteiger partial charge in [-0.05, 0) is 24.5 Å². The Balaban J connectivity index is 1.51. The van der Waals surface area contributed by atoms with Gasteiger partial charge in [-0.1, -0.05) is 18.2 Å². The Bertz CT molecular complexity index is 526. The van der Waals surface area contributed by atoms with E-state index >= 15 is 0 Å². The molecule has 1 aromatic rings. The molecule has 3 rings (SSSR count). The van der Waals surface area contributed by atoms with E-state index in [4.69, 9.17) is 4.74 Å². The van der Waals surface area contributed by atoms with Crippen molar-refractivity contribution in [3.8, 4) is 0 Å². The van der Waals surface area contributed by atoms with Gasteiger partial charge in [-0.25, -0.2) is 0 Å². The van der Waals surface area contributed by atoms with Crippen LogP contribution in [0, 0.1) is 5.92 Å². The van der Waals surface area contributed by atoms with Gasteiger partial charge in [0.05, 0.1) is 13.2 Å². The van der Waals surface area contributed by atoms with Gasteiger partial charge in [-0.2, -0.15) is 0 Å². The molecular weight excluding hydrogens is 280 g/mol. The standard InChI is InChI=1S/C17H22N2O3/c20-16(18-8-10-22-11-9-18)12-14-6-7-19(13-14)17(21)15-4-2-1-3-5-15/h1-5,14H,6-13H2. The van der Waals surface area contributed by atoms with E-state index in [1.807, 2.05) is 40.1 Å². The maximum absolute atomic E-state index is 12.4. The fourth-order valence-electron chi connectivity index (χ4n) is 3.14. The highest BCUT2D eigenvalue weighted by molar-refractivity contribution is 5.94. The Labute approximate surface area is 130 Å². The van der Waals surface area contributed by atoms with Crippen molar-refractivity contribution in [3.05, 3.63) is 35.9 Å². The number of hydrogen-bond acceptors (Lipinski definition) is 3. The topological polar surface area (TPSA) is 49.9 Å². The van der Waals surface area contributed by atoms with Crippen LogP contribution in [0.25, 0.3) is 0 Å². The number of benzene rings is 1. The highest BCUT2D eigenvalue weighted by atomic mass is 16.5. The van der Waals surface area contributed by atoms with E-state index in [0.717, 1.165) is 18.5 Å². The van der Waals surface area contributed by atoms with Gasteiger partial charge >= 0.3 is 0 Å². The number of hydrogen-bond donors (Lipinski definition) is 0. The van der Waals surface area contributed by atoms with Crippen LogP contribution in [0.5, 0.6) is 0 Å². The van der Waals surface area contributed by atoms with Crippen LogP contribution in [0.3, 0.4) is 0 Å². The van der Waals surface area contributed by atoms with E-state index in [9.17, 15) is 9.59 Å². The van der Waals surface area contributed by atoms with Crippen molar-refractivity contribution in [1.82, 2.24) is 9.80 Å². The molecule has 2 aliphatic heterocycles. The molecule has 5 nitrogen and oxygen atoms in total. The molecule has 2 heterocycles. The quantitative estimate of drug-likeness (QED) is 0.848. The molecule has 0 spiro atoms. The van der Waals surface area contributed by atoms with Crippen molar-refractivity contribution in [2.75, 3.05) is 39.4 Å². The molecule has 2 aliphatic rings. The highest BCUT2D eigenvalue weighted by Crippen LogP contribution is 2.22. The number of ether oxygens (including phenoxy) is 1. The molecule has 2 saturated heterocycles. The first-order valence-electron chi connectivity index (χ1n) is 7.94. The molecule has 0 aromatic heterocycles. The van der Waals surface area contributed by atoms with E-state index in [0.29, 0.717) is 39.3 Å². The third-order valence-electron chi connectivity index (χ3n) is 4.42. The summed E-state index contributed by atoms with van der Waals surface area (Å²) in [6.07, 6.45) is 1.45. The van der Waals surface area contributed by atoms with Crippen molar-refractivity contribution in [2.24, 2.45) is 5.92 Å². The zero-order chi connectivity index (χ0) is 15.4. The average Bonchev–Trinajstić information content (AvgIpc) is 3.04. The van der Waals surface area contributed by atoms with E-state index in [-0.39, 0.29) is 17.7 Å². The molecular formula is C17H22N2O3. The Morgan fingerprint density at radius 2 is 1.77 bits per heavy atom. The average molecular weight is 302 g/mol. The summed E-state index contributed by atoms with van der Waals surface area (Å²) in [5.74, 6) is 0.548. The SMILES string of the molecule is O=C(CC1CCN(C(=O)c2ccccc2)C1)N1CCOCC1. The number of nitrogens with zero attached hydrogens (tertiary/aromatic N) is 2. The van der Waals surface area contributed by atoms with Crippen LogP contribution in [0.4, 0.5) is 0 Å². The molecule has 1 aromatic carbocycles. The largest absolute Gasteiger partial charge is 0.378 e. The summed E-state index contributed by atoms with van der Waals surface area (Å²) in [7, 11) is 0. The zero-order valence-corrected chi connectivity index (χ0v) is 12.7. The number of carbonyl (C=O) groups excluding carboxylic acids is 2. The number of amides is 2. The van der Waals surface area contributed by atoms with E-state index in [2.05, 4.69) is 0 Å². The molecule has 1 atom stereocenters. The third kappa shape index (κ3) is 3.47. The number of likely N-dealkylation sites (tertiary alicyclic amines) is 1. The van der Waals surface area contributed by atoms with Crippen LogP contribution in [-0.4, -0.2) is 61.0 Å². The van der Waals surface area contributed by atoms with E-state index in [1.165, 1.54) is 0 Å². The maximum atomic E-state index is 12.4. The molecule has 0 radical (unpaired) electrons. The number of carbonyl (C=O) groups is 2. The lowest BCUT2D eigenvalue weighted by Gasteiger charge is -2.27. The molecule has 0 bridgehead atoms. The summed E-state index contributed by atoms with van der Waals surface area (Å²) >= 11 is 0. The lowest BCUT2D eigenvalue weighted by molar-refractivity contribution is -0.136. The third-order valence-corrected chi connectivity index (χ3v) is 4.42. The zero-order valence-electron chi connectivity index (χ0n) is 12.7. The lowest BCUT2D eigenvalue weighted by atomic mass is 10.0. The van der Waals surface area contributed by atoms with Crippen LogP contribution < -0.4 is 0 Å². The summed E-state index contributed by atoms with van der Waals surface area (Å²) in [4.78, 5) is 28.4. The first kappa shape index (κ1) is 15.0. The fourth-order valence-corrected chi connectivity index (χ4v) is 3.14. The summed E-state index contributed by atoms with van der Waals surface area (Å²) in [6.45, 7) is 4.08. The minimum absolute atomic E-state index is 0.0712. The first-order valence-corrected chi connectivity index (χ1v) is 7.94. The predicted molar refractivity (Wildman–Crippen MR) is 82.5 cm³/mol. The second-order valence-corrected chi connectivity index (χ2v) is 5.97. The molecule has 5 heteroatoms. The Hall–Kier alpha value is -1.88. The summed E-state index contributed by atoms with van der Waals surface area (Å²) in [5, 5.41) is 0. The number of rotatable bonds is 3. The van der Waals surface area contributed by atoms with Gasteiger partial charge in [0, 0.05) is 38.2 Å². The minimum atomic E-state index is 0.0712. The second-order valence-electron chi connectivity index (χ2n) is 5.97. The first-order chi connectivity index (χ1) is 10.7. The molecule has 22 heavy (non-hydrogen) atoms.